The molecule has 1 fully saturated rings. The zero-order valence-electron chi connectivity index (χ0n) is 16.4. The Labute approximate surface area is 165 Å². The van der Waals surface area contributed by atoms with Crippen molar-refractivity contribution >= 4 is 17.6 Å². The molecule has 2 heterocycles. The molecule has 0 saturated heterocycles. The lowest BCUT2D eigenvalue weighted by molar-refractivity contribution is 0.305. The van der Waals surface area contributed by atoms with Crippen LogP contribution in [0.4, 0.5) is 5.69 Å². The van der Waals surface area contributed by atoms with Crippen molar-refractivity contribution < 1.29 is 4.74 Å². The minimum atomic E-state index is -0.441. The largest absolute Gasteiger partial charge is 0.455 e. The van der Waals surface area contributed by atoms with Gasteiger partial charge in [0, 0.05) is 11.4 Å². The quantitative estimate of drug-likeness (QED) is 0.849. The van der Waals surface area contributed by atoms with Gasteiger partial charge in [0.05, 0.1) is 6.20 Å². The van der Waals surface area contributed by atoms with Gasteiger partial charge in [0.2, 0.25) is 11.9 Å². The molecule has 0 unspecified atom stereocenters. The zero-order valence-corrected chi connectivity index (χ0v) is 16.4. The number of pyridine rings is 1. The molecule has 1 aromatic carbocycles. The van der Waals surface area contributed by atoms with Crippen LogP contribution < -0.4 is 21.1 Å². The van der Waals surface area contributed by atoms with Gasteiger partial charge >= 0.3 is 0 Å². The third-order valence-corrected chi connectivity index (χ3v) is 5.38. The summed E-state index contributed by atoms with van der Waals surface area (Å²) in [5.41, 5.74) is 14.7. The lowest BCUT2D eigenvalue weighted by atomic mass is 9.87. The second-order valence-electron chi connectivity index (χ2n) is 7.51. The summed E-state index contributed by atoms with van der Waals surface area (Å²) in [7, 11) is 0. The van der Waals surface area contributed by atoms with Crippen molar-refractivity contribution in [3.05, 3.63) is 47.8 Å². The third kappa shape index (κ3) is 3.40. The number of aromatic nitrogens is 1. The molecule has 1 aromatic heterocycles. The van der Waals surface area contributed by atoms with E-state index in [-0.39, 0.29) is 5.96 Å². The monoisotopic (exact) mass is 378 g/mol. The molecule has 1 aliphatic heterocycles. The number of hydrogen-bond donors (Lipinski definition) is 2. The number of nitrogens with zero attached hydrogens (tertiary/aromatic N) is 4. The van der Waals surface area contributed by atoms with Crippen LogP contribution in [0.1, 0.15) is 43.4 Å². The highest BCUT2D eigenvalue weighted by molar-refractivity contribution is 6.05. The average Bonchev–Trinajstić information content (AvgIpc) is 2.65. The van der Waals surface area contributed by atoms with E-state index < -0.39 is 5.66 Å². The maximum absolute atomic E-state index is 6.31. The summed E-state index contributed by atoms with van der Waals surface area (Å²) < 4.78 is 6.00. The Hall–Kier alpha value is -3.09. The second kappa shape index (κ2) is 7.14. The lowest BCUT2D eigenvalue weighted by Gasteiger charge is -2.45. The van der Waals surface area contributed by atoms with Gasteiger partial charge < -0.3 is 16.2 Å². The minimum Gasteiger partial charge on any atom is -0.455 e. The van der Waals surface area contributed by atoms with E-state index >= 15 is 0 Å². The fourth-order valence-electron chi connectivity index (χ4n) is 4.02. The maximum Gasteiger partial charge on any atom is 0.220 e. The average molecular weight is 378 g/mol. The topological polar surface area (TPSA) is 102 Å². The summed E-state index contributed by atoms with van der Waals surface area (Å²) in [5, 5.41) is 0. The molecule has 1 aliphatic carbocycles. The van der Waals surface area contributed by atoms with Gasteiger partial charge in [-0.2, -0.15) is 4.99 Å². The Morgan fingerprint density at radius 3 is 2.50 bits per heavy atom. The van der Waals surface area contributed by atoms with E-state index in [1.165, 1.54) is 6.42 Å². The molecule has 7 nitrogen and oxygen atoms in total. The number of aliphatic imine (C=N–C) groups is 2. The molecule has 28 heavy (non-hydrogen) atoms. The van der Waals surface area contributed by atoms with E-state index in [2.05, 4.69) is 16.0 Å². The number of anilines is 1. The van der Waals surface area contributed by atoms with Gasteiger partial charge in [0.15, 0.2) is 0 Å². The van der Waals surface area contributed by atoms with Gasteiger partial charge in [-0.15, -0.1) is 0 Å². The van der Waals surface area contributed by atoms with Crippen LogP contribution in [0.5, 0.6) is 11.5 Å². The molecule has 0 amide bonds. The van der Waals surface area contributed by atoms with Crippen LogP contribution in [0.25, 0.3) is 0 Å². The molecular weight excluding hydrogens is 352 g/mol. The molecule has 0 atom stereocenters. The zero-order chi connectivity index (χ0) is 19.7. The number of aryl methyl sites for hydroxylation is 2. The Kier molecular flexibility index (Phi) is 4.66. The smallest absolute Gasteiger partial charge is 0.220 e. The van der Waals surface area contributed by atoms with Crippen molar-refractivity contribution in [3.8, 4) is 11.5 Å². The third-order valence-electron chi connectivity index (χ3n) is 5.38. The number of nitrogens with two attached hydrogens (primary N) is 2. The number of guanidine groups is 2. The van der Waals surface area contributed by atoms with E-state index in [1.54, 1.807) is 6.20 Å². The Morgan fingerprint density at radius 1 is 1.04 bits per heavy atom. The van der Waals surface area contributed by atoms with Crippen molar-refractivity contribution in [1.82, 2.24) is 4.98 Å². The van der Waals surface area contributed by atoms with Gasteiger partial charge in [-0.3, -0.25) is 9.88 Å². The summed E-state index contributed by atoms with van der Waals surface area (Å²) in [6.45, 7) is 3.97. The Morgan fingerprint density at radius 2 is 1.82 bits per heavy atom. The van der Waals surface area contributed by atoms with Crippen LogP contribution >= 0.6 is 0 Å². The second-order valence-corrected chi connectivity index (χ2v) is 7.51. The van der Waals surface area contributed by atoms with Gasteiger partial charge in [-0.05, 0) is 75.4 Å². The van der Waals surface area contributed by atoms with Gasteiger partial charge in [0.25, 0.3) is 0 Å². The first-order valence-corrected chi connectivity index (χ1v) is 9.68. The molecule has 1 saturated carbocycles. The van der Waals surface area contributed by atoms with Crippen molar-refractivity contribution in [1.29, 1.82) is 0 Å². The Balaban J connectivity index is 1.65. The summed E-state index contributed by atoms with van der Waals surface area (Å²) in [4.78, 5) is 15.3. The SMILES string of the molecule is Cc1ccc(Oc2ccc(N3C(N)=NC(N)=NC34CCCCC4)cc2C)cn1. The van der Waals surface area contributed by atoms with Gasteiger partial charge in [-0.1, -0.05) is 6.42 Å². The van der Waals surface area contributed by atoms with Crippen molar-refractivity contribution in [2.75, 3.05) is 4.90 Å². The minimum absolute atomic E-state index is 0.263. The fraction of sp³-hybridized carbons (Fsp3) is 0.381. The molecular formula is C21H26N6O. The molecule has 2 aliphatic rings. The first-order valence-electron chi connectivity index (χ1n) is 9.68. The highest BCUT2D eigenvalue weighted by Crippen LogP contribution is 2.40. The number of ether oxygens (including phenoxy) is 1. The lowest BCUT2D eigenvalue weighted by Crippen LogP contribution is -2.58. The normalized spacial score (nSPS) is 18.6. The summed E-state index contributed by atoms with van der Waals surface area (Å²) in [6.07, 6.45) is 6.96. The molecule has 1 spiro atoms. The van der Waals surface area contributed by atoms with Crippen molar-refractivity contribution in [2.45, 2.75) is 51.6 Å². The predicted octanol–water partition coefficient (Wildman–Crippen LogP) is 3.60. The van der Waals surface area contributed by atoms with E-state index in [0.717, 1.165) is 48.4 Å². The summed E-state index contributed by atoms with van der Waals surface area (Å²) >= 11 is 0. The van der Waals surface area contributed by atoms with E-state index in [1.807, 2.05) is 43.0 Å². The van der Waals surface area contributed by atoms with E-state index in [9.17, 15) is 0 Å². The number of hydrogen-bond acceptors (Lipinski definition) is 7. The van der Waals surface area contributed by atoms with Crippen LogP contribution in [0.2, 0.25) is 0 Å². The molecule has 7 heteroatoms. The molecule has 0 radical (unpaired) electrons. The summed E-state index contributed by atoms with van der Waals surface area (Å²) in [6, 6.07) is 9.86. The number of benzene rings is 1. The van der Waals surface area contributed by atoms with Crippen LogP contribution in [-0.4, -0.2) is 22.6 Å². The fourth-order valence-corrected chi connectivity index (χ4v) is 4.02. The van der Waals surface area contributed by atoms with E-state index in [0.29, 0.717) is 11.7 Å². The van der Waals surface area contributed by atoms with Crippen LogP contribution in [0, 0.1) is 13.8 Å². The molecule has 2 aromatic rings. The van der Waals surface area contributed by atoms with Crippen LogP contribution in [0.3, 0.4) is 0 Å². The molecule has 146 valence electrons. The highest BCUT2D eigenvalue weighted by atomic mass is 16.5. The molecule has 0 bridgehead atoms. The first-order chi connectivity index (χ1) is 13.5. The predicted molar refractivity (Wildman–Crippen MR) is 112 cm³/mol. The van der Waals surface area contributed by atoms with Gasteiger partial charge in [-0.25, -0.2) is 4.99 Å². The standard InChI is InChI=1S/C21H26N6O/c1-14-12-16(7-9-18(14)28-17-8-6-15(2)24-13-17)27-20(23)25-19(22)26-21(27)10-4-3-5-11-21/h6-9,12-13H,3-5,10-11H2,1-2H3,(H4,22,23,25,26). The van der Waals surface area contributed by atoms with Gasteiger partial charge in [0.1, 0.15) is 17.2 Å². The van der Waals surface area contributed by atoms with Crippen LogP contribution in [0.15, 0.2) is 46.5 Å². The molecule has 4 rings (SSSR count). The first kappa shape index (κ1) is 18.3. The van der Waals surface area contributed by atoms with Crippen LogP contribution in [-0.2, 0) is 0 Å². The highest BCUT2D eigenvalue weighted by Gasteiger charge is 2.42. The van der Waals surface area contributed by atoms with E-state index in [4.69, 9.17) is 21.2 Å². The number of rotatable bonds is 3. The van der Waals surface area contributed by atoms with Crippen molar-refractivity contribution in [3.63, 3.8) is 0 Å². The van der Waals surface area contributed by atoms with Crippen molar-refractivity contribution in [2.24, 2.45) is 21.5 Å². The molecule has 4 N–H and O–H groups in total. The maximum atomic E-state index is 6.31. The Bertz CT molecular complexity index is 928. The summed E-state index contributed by atoms with van der Waals surface area (Å²) in [5.74, 6) is 2.15.